The van der Waals surface area contributed by atoms with Crippen LogP contribution in [0.4, 0.5) is 5.69 Å². The van der Waals surface area contributed by atoms with Gasteiger partial charge in [-0.1, -0.05) is 20.8 Å². The third-order valence-electron chi connectivity index (χ3n) is 3.19. The van der Waals surface area contributed by atoms with Crippen LogP contribution in [0.2, 0.25) is 0 Å². The highest BCUT2D eigenvalue weighted by Gasteiger charge is 2.25. The SMILES string of the molecule is CCC(C)(C)C(=O)Nc1ccc(S(=O)(=O)NC)cc1. The third-order valence-corrected chi connectivity index (χ3v) is 4.62. The number of anilines is 1. The van der Waals surface area contributed by atoms with Crippen LogP contribution in [0.5, 0.6) is 0 Å². The quantitative estimate of drug-likeness (QED) is 0.868. The topological polar surface area (TPSA) is 75.3 Å². The molecule has 1 rings (SSSR count). The molecule has 0 radical (unpaired) electrons. The molecule has 0 atom stereocenters. The standard InChI is InChI=1S/C13H20N2O3S/c1-5-13(2,3)12(16)15-10-6-8-11(9-7-10)19(17,18)14-4/h6-9,14H,5H2,1-4H3,(H,15,16). The zero-order chi connectivity index (χ0) is 14.7. The van der Waals surface area contributed by atoms with Crippen LogP contribution in [0.3, 0.4) is 0 Å². The molecule has 0 aliphatic rings. The first kappa shape index (κ1) is 15.7. The van der Waals surface area contributed by atoms with E-state index in [1.807, 2.05) is 20.8 Å². The van der Waals surface area contributed by atoms with Crippen LogP contribution in [-0.4, -0.2) is 21.4 Å². The number of carbonyl (C=O) groups is 1. The van der Waals surface area contributed by atoms with Gasteiger partial charge in [0.2, 0.25) is 15.9 Å². The highest BCUT2D eigenvalue weighted by molar-refractivity contribution is 7.89. The molecule has 1 amide bonds. The molecule has 0 bridgehead atoms. The Morgan fingerprint density at radius 1 is 1.21 bits per heavy atom. The number of amides is 1. The molecule has 0 aromatic heterocycles. The summed E-state index contributed by atoms with van der Waals surface area (Å²) in [5, 5.41) is 2.78. The van der Waals surface area contributed by atoms with Gasteiger partial charge in [0, 0.05) is 11.1 Å². The lowest BCUT2D eigenvalue weighted by atomic mass is 9.89. The number of hydrogen-bond donors (Lipinski definition) is 2. The van der Waals surface area contributed by atoms with Crippen LogP contribution < -0.4 is 10.0 Å². The van der Waals surface area contributed by atoms with Crippen molar-refractivity contribution in [3.63, 3.8) is 0 Å². The van der Waals surface area contributed by atoms with Gasteiger partial charge >= 0.3 is 0 Å². The summed E-state index contributed by atoms with van der Waals surface area (Å²) in [6.07, 6.45) is 0.727. The van der Waals surface area contributed by atoms with E-state index in [0.29, 0.717) is 5.69 Å². The van der Waals surface area contributed by atoms with Gasteiger partial charge in [-0.15, -0.1) is 0 Å². The lowest BCUT2D eigenvalue weighted by Crippen LogP contribution is -2.30. The Morgan fingerprint density at radius 2 is 1.74 bits per heavy atom. The van der Waals surface area contributed by atoms with Gasteiger partial charge < -0.3 is 5.32 Å². The van der Waals surface area contributed by atoms with E-state index in [4.69, 9.17) is 0 Å². The van der Waals surface area contributed by atoms with Crippen molar-refractivity contribution in [1.82, 2.24) is 4.72 Å². The Hall–Kier alpha value is -1.40. The number of rotatable bonds is 5. The summed E-state index contributed by atoms with van der Waals surface area (Å²) in [6, 6.07) is 6.07. The molecule has 0 aliphatic heterocycles. The second-order valence-corrected chi connectivity index (χ2v) is 6.81. The predicted molar refractivity (Wildman–Crippen MR) is 75.4 cm³/mol. The summed E-state index contributed by atoms with van der Waals surface area (Å²) in [5.74, 6) is -0.0841. The molecule has 19 heavy (non-hydrogen) atoms. The molecule has 2 N–H and O–H groups in total. The van der Waals surface area contributed by atoms with Crippen molar-refractivity contribution in [2.24, 2.45) is 5.41 Å². The van der Waals surface area contributed by atoms with Gasteiger partial charge in [0.05, 0.1) is 4.90 Å². The van der Waals surface area contributed by atoms with Crippen molar-refractivity contribution >= 4 is 21.6 Å². The van der Waals surface area contributed by atoms with E-state index in [2.05, 4.69) is 10.0 Å². The largest absolute Gasteiger partial charge is 0.326 e. The van der Waals surface area contributed by atoms with Gasteiger partial charge in [-0.05, 0) is 37.7 Å². The molecular formula is C13H20N2O3S. The van der Waals surface area contributed by atoms with Crippen molar-refractivity contribution in [3.8, 4) is 0 Å². The third kappa shape index (κ3) is 3.78. The zero-order valence-electron chi connectivity index (χ0n) is 11.6. The first-order chi connectivity index (χ1) is 8.73. The molecule has 0 saturated heterocycles. The Labute approximate surface area is 114 Å². The van der Waals surface area contributed by atoms with E-state index < -0.39 is 15.4 Å². The molecular weight excluding hydrogens is 264 g/mol. The lowest BCUT2D eigenvalue weighted by Gasteiger charge is -2.21. The van der Waals surface area contributed by atoms with E-state index in [1.165, 1.54) is 19.2 Å². The minimum atomic E-state index is -3.44. The molecule has 0 unspecified atom stereocenters. The molecule has 0 spiro atoms. The number of hydrogen-bond acceptors (Lipinski definition) is 3. The smallest absolute Gasteiger partial charge is 0.240 e. The highest BCUT2D eigenvalue weighted by Crippen LogP contribution is 2.22. The van der Waals surface area contributed by atoms with Gasteiger partial charge in [0.15, 0.2) is 0 Å². The minimum Gasteiger partial charge on any atom is -0.326 e. The van der Waals surface area contributed by atoms with Crippen LogP contribution in [-0.2, 0) is 14.8 Å². The van der Waals surface area contributed by atoms with Crippen molar-refractivity contribution in [3.05, 3.63) is 24.3 Å². The van der Waals surface area contributed by atoms with E-state index >= 15 is 0 Å². The Kier molecular flexibility index (Phi) is 4.70. The van der Waals surface area contributed by atoms with Crippen molar-refractivity contribution < 1.29 is 13.2 Å². The predicted octanol–water partition coefficient (Wildman–Crippen LogP) is 1.97. The maximum Gasteiger partial charge on any atom is 0.240 e. The number of nitrogens with one attached hydrogen (secondary N) is 2. The monoisotopic (exact) mass is 284 g/mol. The Balaban J connectivity index is 2.87. The van der Waals surface area contributed by atoms with Crippen LogP contribution >= 0.6 is 0 Å². The molecule has 1 aromatic carbocycles. The fourth-order valence-corrected chi connectivity index (χ4v) is 2.03. The molecule has 0 fully saturated rings. The van der Waals surface area contributed by atoms with Gasteiger partial charge in [-0.25, -0.2) is 13.1 Å². The number of carbonyl (C=O) groups excluding carboxylic acids is 1. The van der Waals surface area contributed by atoms with Crippen LogP contribution in [0.25, 0.3) is 0 Å². The van der Waals surface area contributed by atoms with Crippen molar-refractivity contribution in [2.45, 2.75) is 32.1 Å². The van der Waals surface area contributed by atoms with E-state index in [-0.39, 0.29) is 10.8 Å². The zero-order valence-corrected chi connectivity index (χ0v) is 12.5. The lowest BCUT2D eigenvalue weighted by molar-refractivity contribution is -0.124. The fourth-order valence-electron chi connectivity index (χ4n) is 1.30. The van der Waals surface area contributed by atoms with Gasteiger partial charge in [-0.3, -0.25) is 4.79 Å². The van der Waals surface area contributed by atoms with Gasteiger partial charge in [-0.2, -0.15) is 0 Å². The molecule has 106 valence electrons. The van der Waals surface area contributed by atoms with E-state index in [0.717, 1.165) is 6.42 Å². The van der Waals surface area contributed by atoms with Crippen LogP contribution in [0, 0.1) is 5.41 Å². The van der Waals surface area contributed by atoms with Crippen molar-refractivity contribution in [1.29, 1.82) is 0 Å². The maximum absolute atomic E-state index is 12.0. The highest BCUT2D eigenvalue weighted by atomic mass is 32.2. The summed E-state index contributed by atoms with van der Waals surface area (Å²) < 4.78 is 25.3. The Morgan fingerprint density at radius 3 is 2.16 bits per heavy atom. The average Bonchev–Trinajstić information content (AvgIpc) is 2.39. The molecule has 1 aromatic rings. The first-order valence-corrected chi connectivity index (χ1v) is 7.56. The average molecular weight is 284 g/mol. The molecule has 5 nitrogen and oxygen atoms in total. The van der Waals surface area contributed by atoms with Crippen molar-refractivity contribution in [2.75, 3.05) is 12.4 Å². The molecule has 6 heteroatoms. The summed E-state index contributed by atoms with van der Waals surface area (Å²) >= 11 is 0. The first-order valence-electron chi connectivity index (χ1n) is 6.08. The maximum atomic E-state index is 12.0. The second kappa shape index (κ2) is 5.71. The Bertz CT molecular complexity index is 548. The molecule has 0 saturated carbocycles. The summed E-state index contributed by atoms with van der Waals surface area (Å²) in [4.78, 5) is 12.1. The number of benzene rings is 1. The van der Waals surface area contributed by atoms with E-state index in [1.54, 1.807) is 12.1 Å². The van der Waals surface area contributed by atoms with Crippen LogP contribution in [0.15, 0.2) is 29.2 Å². The van der Waals surface area contributed by atoms with Gasteiger partial charge in [0.25, 0.3) is 0 Å². The van der Waals surface area contributed by atoms with Gasteiger partial charge in [0.1, 0.15) is 0 Å². The normalized spacial score (nSPS) is 12.2. The molecule has 0 aliphatic carbocycles. The van der Waals surface area contributed by atoms with Crippen LogP contribution in [0.1, 0.15) is 27.2 Å². The minimum absolute atomic E-state index is 0.0841. The summed E-state index contributed by atoms with van der Waals surface area (Å²) in [5.41, 5.74) is 0.136. The van der Waals surface area contributed by atoms with E-state index in [9.17, 15) is 13.2 Å². The fraction of sp³-hybridized carbons (Fsp3) is 0.462. The molecule has 0 heterocycles. The summed E-state index contributed by atoms with van der Waals surface area (Å²) in [6.45, 7) is 5.67. The summed E-state index contributed by atoms with van der Waals surface area (Å²) in [7, 11) is -2.08. The number of sulfonamides is 1. The second-order valence-electron chi connectivity index (χ2n) is 4.92.